The molecule has 1 aromatic rings. The first-order chi connectivity index (χ1) is 8.13. The van der Waals surface area contributed by atoms with Crippen LogP contribution in [0.25, 0.3) is 0 Å². The number of carbonyl (C=O) groups excluding carboxylic acids is 1. The van der Waals surface area contributed by atoms with E-state index in [0.717, 1.165) is 16.3 Å². The number of nitrogens with zero attached hydrogens (tertiary/aromatic N) is 2. The Kier molecular flexibility index (Phi) is 3.33. The Bertz CT molecular complexity index is 476. The smallest absolute Gasteiger partial charge is 0.270 e. The molecule has 0 bridgehead atoms. The zero-order valence-corrected chi connectivity index (χ0v) is 10.2. The van der Waals surface area contributed by atoms with E-state index in [9.17, 15) is 14.9 Å². The molecular weight excluding hydrogens is 240 g/mol. The van der Waals surface area contributed by atoms with Gasteiger partial charge in [0.15, 0.2) is 0 Å². The van der Waals surface area contributed by atoms with Gasteiger partial charge in [0.25, 0.3) is 5.69 Å². The number of hydrogen-bond acceptors (Lipinski definition) is 4. The maximum absolute atomic E-state index is 11.7. The van der Waals surface area contributed by atoms with Crippen molar-refractivity contribution in [2.45, 2.75) is 18.2 Å². The fraction of sp³-hybridized carbons (Fsp3) is 0.364. The molecule has 0 radical (unpaired) electrons. The van der Waals surface area contributed by atoms with Gasteiger partial charge in [-0.25, -0.2) is 0 Å². The van der Waals surface area contributed by atoms with E-state index in [4.69, 9.17) is 0 Å². The Morgan fingerprint density at radius 3 is 3.00 bits per heavy atom. The van der Waals surface area contributed by atoms with E-state index >= 15 is 0 Å². The van der Waals surface area contributed by atoms with Crippen LogP contribution in [-0.4, -0.2) is 23.1 Å². The topological polar surface area (TPSA) is 63.5 Å². The first-order valence-corrected chi connectivity index (χ1v) is 6.33. The second-order valence-electron chi connectivity index (χ2n) is 3.66. The Balaban J connectivity index is 2.40. The van der Waals surface area contributed by atoms with Gasteiger partial charge in [-0.1, -0.05) is 6.92 Å². The van der Waals surface area contributed by atoms with Gasteiger partial charge in [0.1, 0.15) is 0 Å². The minimum atomic E-state index is -0.415. The Hall–Kier alpha value is -1.56. The molecule has 0 aromatic heterocycles. The number of non-ortho nitro benzene ring substituents is 1. The van der Waals surface area contributed by atoms with Crippen molar-refractivity contribution in [2.24, 2.45) is 0 Å². The lowest BCUT2D eigenvalue weighted by Crippen LogP contribution is -2.34. The van der Waals surface area contributed by atoms with Gasteiger partial charge in [-0.05, 0) is 6.07 Å². The zero-order chi connectivity index (χ0) is 12.4. The molecule has 1 aliphatic heterocycles. The number of anilines is 1. The molecule has 6 heteroatoms. The van der Waals surface area contributed by atoms with Crippen LogP contribution in [0.1, 0.15) is 13.3 Å². The van der Waals surface area contributed by atoms with E-state index in [1.165, 1.54) is 12.1 Å². The van der Waals surface area contributed by atoms with Crippen LogP contribution in [0.15, 0.2) is 23.1 Å². The van der Waals surface area contributed by atoms with Crippen molar-refractivity contribution >= 4 is 29.0 Å². The summed E-state index contributed by atoms with van der Waals surface area (Å²) in [5.41, 5.74) is 0.862. The van der Waals surface area contributed by atoms with Gasteiger partial charge in [0.05, 0.1) is 10.6 Å². The SMILES string of the molecule is CCC(=O)N1CCSc2cc([N+](=O)[O-])ccc21. The number of carbonyl (C=O) groups is 1. The van der Waals surface area contributed by atoms with Gasteiger partial charge in [-0.15, -0.1) is 11.8 Å². The van der Waals surface area contributed by atoms with Crippen molar-refractivity contribution in [3.05, 3.63) is 28.3 Å². The first-order valence-electron chi connectivity index (χ1n) is 5.35. The molecule has 1 heterocycles. The van der Waals surface area contributed by atoms with Gasteiger partial charge >= 0.3 is 0 Å². The molecule has 5 nitrogen and oxygen atoms in total. The highest BCUT2D eigenvalue weighted by atomic mass is 32.2. The minimum Gasteiger partial charge on any atom is -0.310 e. The first kappa shape index (κ1) is 11.9. The van der Waals surface area contributed by atoms with E-state index < -0.39 is 4.92 Å². The number of amides is 1. The second-order valence-corrected chi connectivity index (χ2v) is 4.79. The van der Waals surface area contributed by atoms with Crippen LogP contribution in [-0.2, 0) is 4.79 Å². The minimum absolute atomic E-state index is 0.0559. The lowest BCUT2D eigenvalue weighted by Gasteiger charge is -2.28. The average molecular weight is 252 g/mol. The Morgan fingerprint density at radius 2 is 2.35 bits per heavy atom. The van der Waals surface area contributed by atoms with Gasteiger partial charge < -0.3 is 4.90 Å². The Labute approximate surface area is 103 Å². The number of fused-ring (bicyclic) bond motifs is 1. The van der Waals surface area contributed by atoms with Gasteiger partial charge in [-0.2, -0.15) is 0 Å². The monoisotopic (exact) mass is 252 g/mol. The lowest BCUT2D eigenvalue weighted by atomic mass is 10.2. The molecule has 1 amide bonds. The summed E-state index contributed by atoms with van der Waals surface area (Å²) in [4.78, 5) is 24.5. The van der Waals surface area contributed by atoms with Gasteiger partial charge in [0.2, 0.25) is 5.91 Å². The van der Waals surface area contributed by atoms with E-state index in [-0.39, 0.29) is 11.6 Å². The summed E-state index contributed by atoms with van der Waals surface area (Å²) < 4.78 is 0. The quantitative estimate of drug-likeness (QED) is 0.599. The van der Waals surface area contributed by atoms with Crippen LogP contribution in [0, 0.1) is 10.1 Å². The van der Waals surface area contributed by atoms with Crippen LogP contribution in [0.2, 0.25) is 0 Å². The number of nitro groups is 1. The number of thioether (sulfide) groups is 1. The van der Waals surface area contributed by atoms with E-state index in [0.29, 0.717) is 13.0 Å². The normalized spacial score (nSPS) is 14.3. The summed E-state index contributed by atoms with van der Waals surface area (Å²) in [5.74, 6) is 0.834. The molecule has 0 saturated carbocycles. The van der Waals surface area contributed by atoms with Crippen molar-refractivity contribution in [1.29, 1.82) is 0 Å². The lowest BCUT2D eigenvalue weighted by molar-refractivity contribution is -0.385. The molecule has 0 saturated heterocycles. The predicted molar refractivity (Wildman–Crippen MR) is 66.5 cm³/mol. The van der Waals surface area contributed by atoms with Crippen molar-refractivity contribution < 1.29 is 9.72 Å². The number of nitro benzene ring substituents is 1. The highest BCUT2D eigenvalue weighted by Crippen LogP contribution is 2.37. The highest BCUT2D eigenvalue weighted by molar-refractivity contribution is 7.99. The van der Waals surface area contributed by atoms with Crippen LogP contribution in [0.3, 0.4) is 0 Å². The molecule has 1 aromatic carbocycles. The number of rotatable bonds is 2. The van der Waals surface area contributed by atoms with Crippen LogP contribution in [0.5, 0.6) is 0 Å². The Morgan fingerprint density at radius 1 is 1.59 bits per heavy atom. The molecule has 0 atom stereocenters. The van der Waals surface area contributed by atoms with Crippen molar-refractivity contribution in [1.82, 2.24) is 0 Å². The second kappa shape index (κ2) is 4.75. The molecule has 17 heavy (non-hydrogen) atoms. The zero-order valence-electron chi connectivity index (χ0n) is 9.38. The molecule has 0 spiro atoms. The summed E-state index contributed by atoms with van der Waals surface area (Å²) in [7, 11) is 0. The summed E-state index contributed by atoms with van der Waals surface area (Å²) in [6.45, 7) is 2.48. The largest absolute Gasteiger partial charge is 0.310 e. The van der Waals surface area contributed by atoms with Crippen LogP contribution < -0.4 is 4.90 Å². The fourth-order valence-electron chi connectivity index (χ4n) is 1.77. The van der Waals surface area contributed by atoms with E-state index in [2.05, 4.69) is 0 Å². The van der Waals surface area contributed by atoms with Crippen LogP contribution in [0.4, 0.5) is 11.4 Å². The molecule has 0 unspecified atom stereocenters. The standard InChI is InChI=1S/C11H12N2O3S/c1-2-11(14)12-5-6-17-10-7-8(13(15)16)3-4-9(10)12/h3-4,7H,2,5-6H2,1H3. The van der Waals surface area contributed by atoms with E-state index in [1.807, 2.05) is 6.92 Å². The molecular formula is C11H12N2O3S. The van der Waals surface area contributed by atoms with Crippen molar-refractivity contribution in [3.63, 3.8) is 0 Å². The third-order valence-corrected chi connectivity index (χ3v) is 3.65. The van der Waals surface area contributed by atoms with Gasteiger partial charge in [0, 0.05) is 35.7 Å². The highest BCUT2D eigenvalue weighted by Gasteiger charge is 2.23. The number of hydrogen-bond donors (Lipinski definition) is 0. The van der Waals surface area contributed by atoms with Crippen LogP contribution >= 0.6 is 11.8 Å². The average Bonchev–Trinajstić information content (AvgIpc) is 2.36. The fourth-order valence-corrected chi connectivity index (χ4v) is 2.80. The maximum atomic E-state index is 11.7. The summed E-state index contributed by atoms with van der Waals surface area (Å²) in [5, 5.41) is 10.7. The van der Waals surface area contributed by atoms with Crippen molar-refractivity contribution in [3.8, 4) is 0 Å². The van der Waals surface area contributed by atoms with Gasteiger partial charge in [-0.3, -0.25) is 14.9 Å². The number of benzene rings is 1. The molecule has 0 fully saturated rings. The molecule has 2 rings (SSSR count). The predicted octanol–water partition coefficient (Wildman–Crippen LogP) is 2.44. The molecule has 1 aliphatic rings. The summed E-state index contributed by atoms with van der Waals surface area (Å²) in [6.07, 6.45) is 0.446. The summed E-state index contributed by atoms with van der Waals surface area (Å²) in [6, 6.07) is 4.64. The molecule has 0 aliphatic carbocycles. The summed E-state index contributed by atoms with van der Waals surface area (Å²) >= 11 is 1.55. The molecule has 0 N–H and O–H groups in total. The molecule has 90 valence electrons. The maximum Gasteiger partial charge on any atom is 0.270 e. The third kappa shape index (κ3) is 2.26. The third-order valence-electron chi connectivity index (χ3n) is 2.62. The van der Waals surface area contributed by atoms with E-state index in [1.54, 1.807) is 22.7 Å². The van der Waals surface area contributed by atoms with Crippen molar-refractivity contribution in [2.75, 3.05) is 17.2 Å².